The summed E-state index contributed by atoms with van der Waals surface area (Å²) in [5, 5.41) is 0.0938. The number of hydrogen-bond acceptors (Lipinski definition) is 2. The molecule has 0 aromatic heterocycles. The molecule has 1 aliphatic rings. The van der Waals surface area contributed by atoms with Gasteiger partial charge in [0.15, 0.2) is 11.6 Å². The Kier molecular flexibility index (Phi) is 2.33. The van der Waals surface area contributed by atoms with E-state index in [1.165, 1.54) is 12.1 Å². The first-order valence-electron chi connectivity index (χ1n) is 4.33. The van der Waals surface area contributed by atoms with E-state index < -0.39 is 17.2 Å². The summed E-state index contributed by atoms with van der Waals surface area (Å²) in [5.41, 5.74) is -0.895. The van der Waals surface area contributed by atoms with Gasteiger partial charge in [-0.3, -0.25) is 0 Å². The molecule has 0 unspecified atom stereocenters. The van der Waals surface area contributed by atoms with Crippen molar-refractivity contribution >= 4 is 17.7 Å². The number of hydrogen-bond donors (Lipinski definition) is 0. The minimum Gasteiger partial charge on any atom is -0.211 e. The predicted octanol–water partition coefficient (Wildman–Crippen LogP) is 2.94. The first-order valence-corrected chi connectivity index (χ1v) is 4.71. The molecular formula is C10H6ClF2NO. The fourth-order valence-corrected chi connectivity index (χ4v) is 1.75. The Labute approximate surface area is 89.6 Å². The van der Waals surface area contributed by atoms with Gasteiger partial charge >= 0.3 is 0 Å². The first kappa shape index (κ1) is 10.3. The average Bonchev–Trinajstić information content (AvgIpc) is 2.93. The van der Waals surface area contributed by atoms with Crippen molar-refractivity contribution in [2.45, 2.75) is 18.4 Å². The minimum absolute atomic E-state index is 0.0378. The molecular weight excluding hydrogens is 224 g/mol. The van der Waals surface area contributed by atoms with E-state index in [4.69, 9.17) is 11.6 Å². The number of nitrogens with zero attached hydrogens (tertiary/aromatic N) is 1. The normalized spacial score (nSPS) is 17.0. The molecule has 1 aliphatic carbocycles. The van der Waals surface area contributed by atoms with Gasteiger partial charge in [-0.15, -0.1) is 0 Å². The number of halogens is 3. The molecule has 0 amide bonds. The Morgan fingerprint density at radius 2 is 2.07 bits per heavy atom. The summed E-state index contributed by atoms with van der Waals surface area (Å²) in [7, 11) is 0. The van der Waals surface area contributed by atoms with Crippen molar-refractivity contribution in [3.8, 4) is 0 Å². The van der Waals surface area contributed by atoms with Crippen LogP contribution in [0.4, 0.5) is 8.78 Å². The maximum absolute atomic E-state index is 13.4. The zero-order chi connectivity index (χ0) is 11.1. The van der Waals surface area contributed by atoms with Crippen molar-refractivity contribution < 1.29 is 13.6 Å². The van der Waals surface area contributed by atoms with Gasteiger partial charge in [0.2, 0.25) is 6.08 Å². The molecule has 0 bridgehead atoms. The Morgan fingerprint density at radius 1 is 1.40 bits per heavy atom. The van der Waals surface area contributed by atoms with Gasteiger partial charge in [-0.25, -0.2) is 13.6 Å². The standard InChI is InChI=1S/C10H6ClF2NO/c11-6-3-7(9(13)8(12)4-6)10(1-2-10)14-5-15/h3-4H,1-2H2. The lowest BCUT2D eigenvalue weighted by Crippen LogP contribution is -2.07. The van der Waals surface area contributed by atoms with Crippen LogP contribution in [0.2, 0.25) is 5.02 Å². The predicted molar refractivity (Wildman–Crippen MR) is 50.4 cm³/mol. The lowest BCUT2D eigenvalue weighted by Gasteiger charge is -2.10. The Bertz CT molecular complexity index is 465. The largest absolute Gasteiger partial charge is 0.235 e. The SMILES string of the molecule is O=C=NC1(c2cc(Cl)cc(F)c2F)CC1. The summed E-state index contributed by atoms with van der Waals surface area (Å²) in [5.74, 6) is -2.01. The third kappa shape index (κ3) is 1.66. The Balaban J connectivity index is 2.57. The molecule has 5 heteroatoms. The molecule has 2 nitrogen and oxygen atoms in total. The molecule has 0 atom stereocenters. The van der Waals surface area contributed by atoms with Crippen molar-refractivity contribution in [3.63, 3.8) is 0 Å². The van der Waals surface area contributed by atoms with Crippen LogP contribution < -0.4 is 0 Å². The van der Waals surface area contributed by atoms with Crippen molar-refractivity contribution in [2.75, 3.05) is 0 Å². The van der Waals surface area contributed by atoms with Gasteiger partial charge in [-0.1, -0.05) is 11.6 Å². The van der Waals surface area contributed by atoms with E-state index in [0.29, 0.717) is 12.8 Å². The van der Waals surface area contributed by atoms with Crippen LogP contribution in [-0.4, -0.2) is 6.08 Å². The second kappa shape index (κ2) is 3.40. The van der Waals surface area contributed by atoms with Crippen molar-refractivity contribution in [3.05, 3.63) is 34.4 Å². The Hall–Kier alpha value is -1.25. The molecule has 1 aromatic rings. The van der Waals surface area contributed by atoms with Gasteiger partial charge < -0.3 is 0 Å². The van der Waals surface area contributed by atoms with Gasteiger partial charge in [-0.2, -0.15) is 4.99 Å². The van der Waals surface area contributed by atoms with E-state index in [1.54, 1.807) is 0 Å². The van der Waals surface area contributed by atoms with Crippen molar-refractivity contribution in [2.24, 2.45) is 4.99 Å². The monoisotopic (exact) mass is 229 g/mol. The zero-order valence-electron chi connectivity index (χ0n) is 7.56. The molecule has 0 saturated heterocycles. The summed E-state index contributed by atoms with van der Waals surface area (Å²) in [6, 6.07) is 2.19. The fourth-order valence-electron chi connectivity index (χ4n) is 1.54. The van der Waals surface area contributed by atoms with Gasteiger partial charge in [0.1, 0.15) is 5.54 Å². The molecule has 0 radical (unpaired) electrons. The molecule has 2 rings (SSSR count). The average molecular weight is 230 g/mol. The zero-order valence-corrected chi connectivity index (χ0v) is 8.31. The van der Waals surface area contributed by atoms with E-state index in [9.17, 15) is 13.6 Å². The smallest absolute Gasteiger partial charge is 0.211 e. The van der Waals surface area contributed by atoms with Crippen LogP contribution in [0.3, 0.4) is 0 Å². The number of rotatable bonds is 2. The van der Waals surface area contributed by atoms with Crippen LogP contribution in [0.25, 0.3) is 0 Å². The highest BCUT2D eigenvalue weighted by Gasteiger charge is 2.47. The molecule has 1 aromatic carbocycles. The van der Waals surface area contributed by atoms with Crippen LogP contribution >= 0.6 is 11.6 Å². The molecule has 78 valence electrons. The highest BCUT2D eigenvalue weighted by Crippen LogP contribution is 2.50. The highest BCUT2D eigenvalue weighted by molar-refractivity contribution is 6.30. The molecule has 15 heavy (non-hydrogen) atoms. The summed E-state index contributed by atoms with van der Waals surface area (Å²) in [6.45, 7) is 0. The second-order valence-electron chi connectivity index (χ2n) is 3.48. The van der Waals surface area contributed by atoms with E-state index in [1.807, 2.05) is 0 Å². The Morgan fingerprint density at radius 3 is 2.60 bits per heavy atom. The number of isocyanates is 1. The van der Waals surface area contributed by atoms with E-state index in [2.05, 4.69) is 4.99 Å². The maximum atomic E-state index is 13.4. The molecule has 0 aliphatic heterocycles. The third-order valence-corrected chi connectivity index (χ3v) is 2.70. The van der Waals surface area contributed by atoms with Crippen molar-refractivity contribution in [1.82, 2.24) is 0 Å². The van der Waals surface area contributed by atoms with Gasteiger partial charge in [0.25, 0.3) is 0 Å². The summed E-state index contributed by atoms with van der Waals surface area (Å²) in [6.07, 6.45) is 2.40. The summed E-state index contributed by atoms with van der Waals surface area (Å²) in [4.78, 5) is 13.7. The van der Waals surface area contributed by atoms with Crippen LogP contribution in [0.5, 0.6) is 0 Å². The second-order valence-corrected chi connectivity index (χ2v) is 3.92. The molecule has 1 saturated carbocycles. The summed E-state index contributed by atoms with van der Waals surface area (Å²) >= 11 is 5.61. The van der Waals surface area contributed by atoms with E-state index in [0.717, 1.165) is 6.07 Å². The topological polar surface area (TPSA) is 29.4 Å². The summed E-state index contributed by atoms with van der Waals surface area (Å²) < 4.78 is 26.5. The van der Waals surface area contributed by atoms with Gasteiger partial charge in [-0.05, 0) is 25.0 Å². The van der Waals surface area contributed by atoms with Crippen LogP contribution in [-0.2, 0) is 10.3 Å². The van der Waals surface area contributed by atoms with Gasteiger partial charge in [0, 0.05) is 10.6 Å². The molecule has 0 heterocycles. The first-order chi connectivity index (χ1) is 7.09. The third-order valence-electron chi connectivity index (χ3n) is 2.48. The van der Waals surface area contributed by atoms with Crippen LogP contribution in [0.1, 0.15) is 18.4 Å². The molecule has 0 N–H and O–H groups in total. The highest BCUT2D eigenvalue weighted by atomic mass is 35.5. The quantitative estimate of drug-likeness (QED) is 0.436. The number of benzene rings is 1. The molecule has 0 spiro atoms. The maximum Gasteiger partial charge on any atom is 0.235 e. The molecule has 1 fully saturated rings. The lowest BCUT2D eigenvalue weighted by molar-refractivity contribution is 0.485. The van der Waals surface area contributed by atoms with Crippen LogP contribution in [0.15, 0.2) is 17.1 Å². The number of carbonyl (C=O) groups excluding carboxylic acids is 1. The fraction of sp³-hybridized carbons (Fsp3) is 0.300. The number of aliphatic imine (C=N–C) groups is 1. The van der Waals surface area contributed by atoms with Crippen LogP contribution in [0, 0.1) is 11.6 Å². The van der Waals surface area contributed by atoms with E-state index in [-0.39, 0.29) is 10.6 Å². The van der Waals surface area contributed by atoms with Gasteiger partial charge in [0.05, 0.1) is 0 Å². The lowest BCUT2D eigenvalue weighted by atomic mass is 10.0. The van der Waals surface area contributed by atoms with E-state index >= 15 is 0 Å². The minimum atomic E-state index is -1.02. The van der Waals surface area contributed by atoms with Crippen molar-refractivity contribution in [1.29, 1.82) is 0 Å².